The lowest BCUT2D eigenvalue weighted by Gasteiger charge is -2.19. The van der Waals surface area contributed by atoms with Crippen LogP contribution in [0.25, 0.3) is 0 Å². The summed E-state index contributed by atoms with van der Waals surface area (Å²) in [6.45, 7) is 10.8. The van der Waals surface area contributed by atoms with Crippen LogP contribution in [0.15, 0.2) is 11.8 Å². The van der Waals surface area contributed by atoms with Crippen molar-refractivity contribution in [2.75, 3.05) is 0 Å². The lowest BCUT2D eigenvalue weighted by atomic mass is 10.3. The smallest absolute Gasteiger partial charge is 0.241 e. The van der Waals surface area contributed by atoms with E-state index in [0.29, 0.717) is 0 Å². The van der Waals surface area contributed by atoms with Crippen LogP contribution >= 0.6 is 0 Å². The van der Waals surface area contributed by atoms with Gasteiger partial charge in [0.2, 0.25) is 8.32 Å². The third kappa shape index (κ3) is 7.66. The Bertz CT molecular complexity index is 133. The van der Waals surface area contributed by atoms with E-state index in [1.807, 2.05) is 6.92 Å². The Labute approximate surface area is 71.6 Å². The van der Waals surface area contributed by atoms with Crippen molar-refractivity contribution in [3.63, 3.8) is 0 Å². The summed E-state index contributed by atoms with van der Waals surface area (Å²) in [5.41, 5.74) is 0. The highest BCUT2D eigenvalue weighted by Gasteiger charge is 2.15. The van der Waals surface area contributed by atoms with Crippen LogP contribution in [0.5, 0.6) is 0 Å². The average molecular weight is 172 g/mol. The molecule has 0 aliphatic carbocycles. The molecule has 0 saturated carbocycles. The molecule has 0 aliphatic rings. The molecule has 0 saturated heterocycles. The van der Waals surface area contributed by atoms with E-state index in [1.54, 1.807) is 0 Å². The fraction of sp³-hybridized carbons (Fsp3) is 0.778. The van der Waals surface area contributed by atoms with Gasteiger partial charge in [0.25, 0.3) is 0 Å². The van der Waals surface area contributed by atoms with Crippen LogP contribution in [0.4, 0.5) is 0 Å². The number of allylic oxidation sites excluding steroid dienone is 2. The van der Waals surface area contributed by atoms with Crippen LogP contribution in [-0.4, -0.2) is 8.32 Å². The summed E-state index contributed by atoms with van der Waals surface area (Å²) in [7, 11) is -1.34. The minimum Gasteiger partial charge on any atom is -0.548 e. The first-order chi connectivity index (χ1) is 4.95. The van der Waals surface area contributed by atoms with Crippen LogP contribution in [0, 0.1) is 0 Å². The van der Waals surface area contributed by atoms with Gasteiger partial charge in [0, 0.05) is 0 Å². The Kier molecular flexibility index (Phi) is 4.50. The number of hydrogen-bond acceptors (Lipinski definition) is 1. The highest BCUT2D eigenvalue weighted by Crippen LogP contribution is 2.10. The number of unbranched alkanes of at least 4 members (excludes halogenated alkanes) is 1. The molecule has 0 rings (SSSR count). The minimum absolute atomic E-state index is 1.10. The van der Waals surface area contributed by atoms with Crippen LogP contribution in [-0.2, 0) is 4.43 Å². The van der Waals surface area contributed by atoms with Crippen LogP contribution in [0.3, 0.4) is 0 Å². The minimum atomic E-state index is -1.34. The Morgan fingerprint density at radius 3 is 2.27 bits per heavy atom. The van der Waals surface area contributed by atoms with Gasteiger partial charge in [0.05, 0.1) is 5.76 Å². The first-order valence-electron chi connectivity index (χ1n) is 4.31. The van der Waals surface area contributed by atoms with Gasteiger partial charge in [0.1, 0.15) is 0 Å². The van der Waals surface area contributed by atoms with Gasteiger partial charge in [-0.3, -0.25) is 0 Å². The van der Waals surface area contributed by atoms with Gasteiger partial charge in [0.15, 0.2) is 0 Å². The molecular weight excluding hydrogens is 152 g/mol. The Morgan fingerprint density at radius 1 is 1.36 bits per heavy atom. The molecule has 0 radical (unpaired) electrons. The van der Waals surface area contributed by atoms with Gasteiger partial charge in [-0.15, -0.1) is 0 Å². The Balaban J connectivity index is 3.76. The zero-order valence-corrected chi connectivity index (χ0v) is 9.40. The standard InChI is InChI=1S/C9H20OSi/c1-6-7-8-9(2)10-11(3,4)5/h8H,6-7H2,1-5H3/b9-8+. The third-order valence-electron chi connectivity index (χ3n) is 1.19. The number of rotatable bonds is 4. The predicted octanol–water partition coefficient (Wildman–Crippen LogP) is 3.54. The van der Waals surface area contributed by atoms with Crippen molar-refractivity contribution < 1.29 is 4.43 Å². The molecule has 0 N–H and O–H groups in total. The molecule has 0 spiro atoms. The van der Waals surface area contributed by atoms with Gasteiger partial charge in [-0.2, -0.15) is 0 Å². The van der Waals surface area contributed by atoms with E-state index in [-0.39, 0.29) is 0 Å². The highest BCUT2D eigenvalue weighted by molar-refractivity contribution is 6.70. The summed E-state index contributed by atoms with van der Waals surface area (Å²) < 4.78 is 5.74. The van der Waals surface area contributed by atoms with Crippen molar-refractivity contribution in [2.24, 2.45) is 0 Å². The summed E-state index contributed by atoms with van der Waals surface area (Å²) in [4.78, 5) is 0. The van der Waals surface area contributed by atoms with Gasteiger partial charge in [-0.05, 0) is 39.1 Å². The second kappa shape index (κ2) is 4.60. The fourth-order valence-corrected chi connectivity index (χ4v) is 1.92. The van der Waals surface area contributed by atoms with Crippen molar-refractivity contribution in [1.82, 2.24) is 0 Å². The van der Waals surface area contributed by atoms with Gasteiger partial charge in [-0.25, -0.2) is 0 Å². The average Bonchev–Trinajstić information content (AvgIpc) is 1.79. The topological polar surface area (TPSA) is 9.23 Å². The lowest BCUT2D eigenvalue weighted by molar-refractivity contribution is 0.421. The summed E-state index contributed by atoms with van der Waals surface area (Å²) in [6.07, 6.45) is 4.51. The zero-order valence-electron chi connectivity index (χ0n) is 8.40. The van der Waals surface area contributed by atoms with Crippen LogP contribution < -0.4 is 0 Å². The second-order valence-corrected chi connectivity index (χ2v) is 8.25. The molecule has 1 nitrogen and oxygen atoms in total. The maximum absolute atomic E-state index is 5.74. The molecular formula is C9H20OSi. The molecule has 0 bridgehead atoms. The molecule has 0 amide bonds. The second-order valence-electron chi connectivity index (χ2n) is 3.82. The molecule has 0 aliphatic heterocycles. The van der Waals surface area contributed by atoms with E-state index in [0.717, 1.165) is 12.2 Å². The third-order valence-corrected chi connectivity index (χ3v) is 2.12. The molecule has 0 aromatic rings. The molecule has 11 heavy (non-hydrogen) atoms. The maximum Gasteiger partial charge on any atom is 0.241 e. The molecule has 0 unspecified atom stereocenters. The largest absolute Gasteiger partial charge is 0.548 e. The van der Waals surface area contributed by atoms with Crippen molar-refractivity contribution in [1.29, 1.82) is 0 Å². The summed E-state index contributed by atoms with van der Waals surface area (Å²) in [5, 5.41) is 0. The fourth-order valence-electron chi connectivity index (χ4n) is 0.872. The van der Waals surface area contributed by atoms with Gasteiger partial charge < -0.3 is 4.43 Å². The van der Waals surface area contributed by atoms with Gasteiger partial charge >= 0.3 is 0 Å². The SMILES string of the molecule is CCC/C=C(\C)O[Si](C)(C)C. The number of hydrogen-bond donors (Lipinski definition) is 0. The lowest BCUT2D eigenvalue weighted by Crippen LogP contribution is -2.24. The highest BCUT2D eigenvalue weighted by atomic mass is 28.4. The van der Waals surface area contributed by atoms with E-state index in [9.17, 15) is 0 Å². The normalized spacial score (nSPS) is 13.4. The van der Waals surface area contributed by atoms with Gasteiger partial charge in [-0.1, -0.05) is 13.3 Å². The van der Waals surface area contributed by atoms with Crippen LogP contribution in [0.2, 0.25) is 19.6 Å². The zero-order chi connectivity index (χ0) is 8.91. The van der Waals surface area contributed by atoms with E-state index >= 15 is 0 Å². The summed E-state index contributed by atoms with van der Waals surface area (Å²) >= 11 is 0. The Morgan fingerprint density at radius 2 is 1.91 bits per heavy atom. The van der Waals surface area contributed by atoms with Crippen LogP contribution in [0.1, 0.15) is 26.7 Å². The van der Waals surface area contributed by atoms with E-state index in [2.05, 4.69) is 32.6 Å². The molecule has 0 heterocycles. The monoisotopic (exact) mass is 172 g/mol. The molecule has 0 fully saturated rings. The molecule has 0 atom stereocenters. The maximum atomic E-state index is 5.74. The summed E-state index contributed by atoms with van der Waals surface area (Å²) in [6, 6.07) is 0. The predicted molar refractivity (Wildman–Crippen MR) is 53.1 cm³/mol. The van der Waals surface area contributed by atoms with E-state index in [4.69, 9.17) is 4.43 Å². The molecule has 0 aromatic heterocycles. The van der Waals surface area contributed by atoms with E-state index in [1.165, 1.54) is 6.42 Å². The summed E-state index contributed by atoms with van der Waals surface area (Å²) in [5.74, 6) is 1.10. The van der Waals surface area contributed by atoms with E-state index < -0.39 is 8.32 Å². The molecule has 0 aromatic carbocycles. The first kappa shape index (κ1) is 10.8. The quantitative estimate of drug-likeness (QED) is 0.465. The molecule has 2 heteroatoms. The van der Waals surface area contributed by atoms with Crippen molar-refractivity contribution in [3.05, 3.63) is 11.8 Å². The Hall–Kier alpha value is -0.243. The van der Waals surface area contributed by atoms with Crippen molar-refractivity contribution in [3.8, 4) is 0 Å². The first-order valence-corrected chi connectivity index (χ1v) is 7.72. The van der Waals surface area contributed by atoms with Crippen molar-refractivity contribution in [2.45, 2.75) is 46.3 Å². The van der Waals surface area contributed by atoms with Crippen molar-refractivity contribution >= 4 is 8.32 Å². The molecule has 66 valence electrons.